The van der Waals surface area contributed by atoms with Gasteiger partial charge < -0.3 is 5.73 Å². The van der Waals surface area contributed by atoms with Crippen molar-refractivity contribution in [1.82, 2.24) is 0 Å². The summed E-state index contributed by atoms with van der Waals surface area (Å²) >= 11 is 5.56. The minimum absolute atomic E-state index is 0. The standard InChI is InChI=1S/C9H10ClN.ClH/c10-6-9(7-11)8-4-2-1-3-5-8;/h1-6H,7,11H2;1H/b9-6-;. The van der Waals surface area contributed by atoms with Crippen LogP contribution >= 0.6 is 24.0 Å². The maximum absolute atomic E-state index is 5.56. The number of rotatable bonds is 2. The molecule has 0 aliphatic rings. The van der Waals surface area contributed by atoms with Gasteiger partial charge in [0.05, 0.1) is 0 Å². The third kappa shape index (κ3) is 2.86. The number of halogens is 2. The molecule has 0 saturated heterocycles. The molecule has 12 heavy (non-hydrogen) atoms. The van der Waals surface area contributed by atoms with Crippen molar-refractivity contribution < 1.29 is 0 Å². The summed E-state index contributed by atoms with van der Waals surface area (Å²) in [4.78, 5) is 0. The number of hydrogen-bond acceptors (Lipinski definition) is 1. The zero-order valence-corrected chi connectivity index (χ0v) is 8.11. The molecule has 0 radical (unpaired) electrons. The molecule has 1 aromatic carbocycles. The molecule has 0 bridgehead atoms. The summed E-state index contributed by atoms with van der Waals surface area (Å²) in [7, 11) is 0. The van der Waals surface area contributed by atoms with Crippen molar-refractivity contribution in [1.29, 1.82) is 0 Å². The molecule has 2 N–H and O–H groups in total. The minimum atomic E-state index is 0. The lowest BCUT2D eigenvalue weighted by Crippen LogP contribution is -2.01. The van der Waals surface area contributed by atoms with E-state index < -0.39 is 0 Å². The minimum Gasteiger partial charge on any atom is -0.326 e. The molecule has 1 nitrogen and oxygen atoms in total. The molecule has 0 unspecified atom stereocenters. The lowest BCUT2D eigenvalue weighted by atomic mass is 10.1. The summed E-state index contributed by atoms with van der Waals surface area (Å²) in [6, 6.07) is 9.87. The van der Waals surface area contributed by atoms with Crippen LogP contribution in [-0.4, -0.2) is 6.54 Å². The Bertz CT molecular complexity index is 244. The highest BCUT2D eigenvalue weighted by atomic mass is 35.5. The van der Waals surface area contributed by atoms with Crippen LogP contribution in [0.4, 0.5) is 0 Å². The van der Waals surface area contributed by atoms with E-state index in [-0.39, 0.29) is 12.4 Å². The number of benzene rings is 1. The van der Waals surface area contributed by atoms with Crippen LogP contribution in [0.5, 0.6) is 0 Å². The molecule has 0 aromatic heterocycles. The van der Waals surface area contributed by atoms with E-state index in [9.17, 15) is 0 Å². The van der Waals surface area contributed by atoms with Crippen molar-refractivity contribution >= 4 is 29.6 Å². The van der Waals surface area contributed by atoms with Crippen LogP contribution in [0.1, 0.15) is 5.56 Å². The van der Waals surface area contributed by atoms with Crippen LogP contribution in [0, 0.1) is 0 Å². The van der Waals surface area contributed by atoms with Crippen LogP contribution < -0.4 is 5.73 Å². The molecule has 0 aliphatic heterocycles. The first-order valence-electron chi connectivity index (χ1n) is 3.43. The maximum atomic E-state index is 5.56. The van der Waals surface area contributed by atoms with Gasteiger partial charge in [0.2, 0.25) is 0 Å². The lowest BCUT2D eigenvalue weighted by molar-refractivity contribution is 1.27. The van der Waals surface area contributed by atoms with Gasteiger partial charge in [0.1, 0.15) is 0 Å². The second-order valence-corrected chi connectivity index (χ2v) is 2.42. The normalized spacial score (nSPS) is 10.7. The third-order valence-corrected chi connectivity index (χ3v) is 1.76. The fraction of sp³-hybridized carbons (Fsp3) is 0.111. The van der Waals surface area contributed by atoms with E-state index >= 15 is 0 Å². The maximum Gasteiger partial charge on any atom is 0.0192 e. The molecule has 66 valence electrons. The highest BCUT2D eigenvalue weighted by Crippen LogP contribution is 2.12. The molecule has 0 saturated carbocycles. The lowest BCUT2D eigenvalue weighted by Gasteiger charge is -2.00. The zero-order chi connectivity index (χ0) is 8.10. The van der Waals surface area contributed by atoms with Gasteiger partial charge in [-0.2, -0.15) is 0 Å². The van der Waals surface area contributed by atoms with Crippen molar-refractivity contribution in [3.63, 3.8) is 0 Å². The van der Waals surface area contributed by atoms with Gasteiger partial charge in [-0.05, 0) is 11.1 Å². The topological polar surface area (TPSA) is 26.0 Å². The van der Waals surface area contributed by atoms with E-state index in [2.05, 4.69) is 0 Å². The van der Waals surface area contributed by atoms with E-state index in [1.807, 2.05) is 30.3 Å². The third-order valence-electron chi connectivity index (χ3n) is 1.50. The highest BCUT2D eigenvalue weighted by Gasteiger charge is 1.95. The van der Waals surface area contributed by atoms with E-state index in [0.717, 1.165) is 11.1 Å². The van der Waals surface area contributed by atoms with Gasteiger partial charge in [0.25, 0.3) is 0 Å². The van der Waals surface area contributed by atoms with Crippen LogP contribution in [-0.2, 0) is 0 Å². The Morgan fingerprint density at radius 2 is 1.92 bits per heavy atom. The van der Waals surface area contributed by atoms with Crippen molar-refractivity contribution in [2.45, 2.75) is 0 Å². The molecule has 3 heteroatoms. The van der Waals surface area contributed by atoms with Gasteiger partial charge in [-0.1, -0.05) is 41.9 Å². The quantitative estimate of drug-likeness (QED) is 0.787. The predicted octanol–water partition coefficient (Wildman–Crippen LogP) is 2.65. The van der Waals surface area contributed by atoms with Crippen molar-refractivity contribution in [2.24, 2.45) is 5.73 Å². The Kier molecular flexibility index (Phi) is 5.81. The van der Waals surface area contributed by atoms with Crippen molar-refractivity contribution in [3.05, 3.63) is 41.4 Å². The molecule has 0 heterocycles. The first-order valence-corrected chi connectivity index (χ1v) is 3.87. The Morgan fingerprint density at radius 1 is 1.33 bits per heavy atom. The number of nitrogens with two attached hydrogens (primary N) is 1. The van der Waals surface area contributed by atoms with E-state index in [1.54, 1.807) is 0 Å². The monoisotopic (exact) mass is 203 g/mol. The Labute approximate surface area is 83.6 Å². The molecular formula is C9H11Cl2N. The van der Waals surface area contributed by atoms with Crippen LogP contribution in [0.25, 0.3) is 5.57 Å². The smallest absolute Gasteiger partial charge is 0.0192 e. The molecule has 0 amide bonds. The van der Waals surface area contributed by atoms with E-state index in [0.29, 0.717) is 6.54 Å². The van der Waals surface area contributed by atoms with Gasteiger partial charge in [-0.3, -0.25) is 0 Å². The van der Waals surface area contributed by atoms with Gasteiger partial charge in [0.15, 0.2) is 0 Å². The summed E-state index contributed by atoms with van der Waals surface area (Å²) in [6.45, 7) is 0.480. The highest BCUT2D eigenvalue weighted by molar-refractivity contribution is 6.28. The van der Waals surface area contributed by atoms with Gasteiger partial charge in [0, 0.05) is 12.1 Å². The van der Waals surface area contributed by atoms with Crippen molar-refractivity contribution in [3.8, 4) is 0 Å². The Balaban J connectivity index is 0.00000121. The SMILES string of the molecule is Cl.NC/C(=C/Cl)c1ccccc1. The summed E-state index contributed by atoms with van der Waals surface area (Å²) in [5, 5.41) is 0. The fourth-order valence-corrected chi connectivity index (χ4v) is 1.09. The Hall–Kier alpha value is -0.500. The summed E-state index contributed by atoms with van der Waals surface area (Å²) in [5.41, 5.74) is 9.04. The molecule has 0 spiro atoms. The van der Waals surface area contributed by atoms with Gasteiger partial charge >= 0.3 is 0 Å². The first-order chi connectivity index (χ1) is 5.38. The van der Waals surface area contributed by atoms with Crippen molar-refractivity contribution in [2.75, 3.05) is 6.54 Å². The first kappa shape index (κ1) is 11.5. The van der Waals surface area contributed by atoms with Crippen LogP contribution in [0.2, 0.25) is 0 Å². The summed E-state index contributed by atoms with van der Waals surface area (Å²) < 4.78 is 0. The molecule has 1 aromatic rings. The van der Waals surface area contributed by atoms with Gasteiger partial charge in [-0.15, -0.1) is 12.4 Å². The summed E-state index contributed by atoms with van der Waals surface area (Å²) in [6.07, 6.45) is 0. The molecule has 0 aliphatic carbocycles. The molecular weight excluding hydrogens is 193 g/mol. The average molecular weight is 204 g/mol. The zero-order valence-electron chi connectivity index (χ0n) is 6.53. The van der Waals surface area contributed by atoms with E-state index in [4.69, 9.17) is 17.3 Å². The molecule has 1 rings (SSSR count). The molecule has 0 fully saturated rings. The largest absolute Gasteiger partial charge is 0.326 e. The van der Waals surface area contributed by atoms with E-state index in [1.165, 1.54) is 5.54 Å². The van der Waals surface area contributed by atoms with Crippen LogP contribution in [0.3, 0.4) is 0 Å². The van der Waals surface area contributed by atoms with Crippen LogP contribution in [0.15, 0.2) is 35.9 Å². The van der Waals surface area contributed by atoms with Gasteiger partial charge in [-0.25, -0.2) is 0 Å². The second-order valence-electron chi connectivity index (χ2n) is 2.20. The second kappa shape index (κ2) is 6.06. The summed E-state index contributed by atoms with van der Waals surface area (Å²) in [5.74, 6) is 0. The predicted molar refractivity (Wildman–Crippen MR) is 56.6 cm³/mol. The molecule has 0 atom stereocenters. The number of hydrogen-bond donors (Lipinski definition) is 1. The average Bonchev–Trinajstić information content (AvgIpc) is 2.09. The fourth-order valence-electron chi connectivity index (χ4n) is 0.878. The Morgan fingerprint density at radius 3 is 2.33 bits per heavy atom.